The number of hydrogen-bond donors (Lipinski definition) is 3. The van der Waals surface area contributed by atoms with Gasteiger partial charge < -0.3 is 20.4 Å². The summed E-state index contributed by atoms with van der Waals surface area (Å²) in [7, 11) is 0. The van der Waals surface area contributed by atoms with Gasteiger partial charge in [0, 0.05) is 11.4 Å². The van der Waals surface area contributed by atoms with Crippen LogP contribution in [-0.2, 0) is 4.79 Å². The highest BCUT2D eigenvalue weighted by molar-refractivity contribution is 5.96. The van der Waals surface area contributed by atoms with Crippen molar-refractivity contribution >= 4 is 17.6 Å². The lowest BCUT2D eigenvalue weighted by Crippen LogP contribution is -2.51. The molecule has 3 amide bonds. The first-order chi connectivity index (χ1) is 10.6. The summed E-state index contributed by atoms with van der Waals surface area (Å²) in [6.07, 6.45) is 1.50. The lowest BCUT2D eigenvalue weighted by atomic mass is 9.91. The van der Waals surface area contributed by atoms with E-state index in [1.165, 1.54) is 6.26 Å². The third kappa shape index (κ3) is 2.71. The number of benzene rings is 1. The van der Waals surface area contributed by atoms with Gasteiger partial charge in [-0.15, -0.1) is 0 Å². The summed E-state index contributed by atoms with van der Waals surface area (Å²) in [5, 5.41) is 8.06. The quantitative estimate of drug-likeness (QED) is 0.813. The minimum absolute atomic E-state index is 0.273. The second kappa shape index (κ2) is 5.77. The minimum atomic E-state index is -0.677. The summed E-state index contributed by atoms with van der Waals surface area (Å²) in [5.41, 5.74) is 1.01. The third-order valence-corrected chi connectivity index (χ3v) is 3.44. The second-order valence-corrected chi connectivity index (χ2v) is 4.95. The first-order valence-electron chi connectivity index (χ1n) is 6.81. The Morgan fingerprint density at radius 1 is 1.18 bits per heavy atom. The van der Waals surface area contributed by atoms with Crippen LogP contribution in [0.4, 0.5) is 10.5 Å². The van der Waals surface area contributed by atoms with E-state index in [-0.39, 0.29) is 5.91 Å². The molecule has 1 aromatic carbocycles. The largest absolute Gasteiger partial charge is 0.467 e. The predicted octanol–water partition coefficient (Wildman–Crippen LogP) is 2.40. The molecule has 2 aromatic rings. The highest BCUT2D eigenvalue weighted by atomic mass is 16.3. The van der Waals surface area contributed by atoms with Crippen molar-refractivity contribution in [1.82, 2.24) is 10.6 Å². The van der Waals surface area contributed by atoms with Crippen LogP contribution in [0.5, 0.6) is 0 Å². The molecule has 2 atom stereocenters. The lowest BCUT2D eigenvalue weighted by molar-refractivity contribution is -0.120. The minimum Gasteiger partial charge on any atom is -0.467 e. The van der Waals surface area contributed by atoms with Gasteiger partial charge in [0.05, 0.1) is 6.26 Å². The summed E-state index contributed by atoms with van der Waals surface area (Å²) in [6.45, 7) is 3.79. The number of nitrogens with one attached hydrogen (secondary N) is 3. The molecule has 6 nitrogen and oxygen atoms in total. The molecule has 3 N–H and O–H groups in total. The summed E-state index contributed by atoms with van der Waals surface area (Å²) >= 11 is 0. The molecule has 2 heterocycles. The molecular formula is C16H15N3O3. The fraction of sp³-hybridized carbons (Fsp3) is 0.125. The maximum atomic E-state index is 12.6. The Kier molecular flexibility index (Phi) is 3.65. The highest BCUT2D eigenvalue weighted by Gasteiger charge is 2.39. The van der Waals surface area contributed by atoms with Gasteiger partial charge in [-0.2, -0.15) is 0 Å². The molecule has 1 fully saturated rings. The summed E-state index contributed by atoms with van der Waals surface area (Å²) in [5.74, 6) is -0.446. The van der Waals surface area contributed by atoms with Crippen LogP contribution >= 0.6 is 0 Å². The molecule has 2 unspecified atom stereocenters. The predicted molar refractivity (Wildman–Crippen MR) is 80.8 cm³/mol. The van der Waals surface area contributed by atoms with Crippen molar-refractivity contribution in [3.8, 4) is 0 Å². The number of furan rings is 1. The monoisotopic (exact) mass is 297 g/mol. The fourth-order valence-electron chi connectivity index (χ4n) is 2.44. The van der Waals surface area contributed by atoms with E-state index in [1.807, 2.05) is 18.2 Å². The van der Waals surface area contributed by atoms with E-state index in [4.69, 9.17) is 4.42 Å². The molecule has 0 bridgehead atoms. The number of hydrogen-bond acceptors (Lipinski definition) is 3. The standard InChI is InChI=1S/C16H15N3O3/c1-10-13(15(20)18-11-6-3-2-4-7-11)14(19-16(21)17-10)12-8-5-9-22-12/h2-9,13-14H,1H2,(H,18,20)(H2,17,19,21). The van der Waals surface area contributed by atoms with Gasteiger partial charge in [-0.1, -0.05) is 24.8 Å². The maximum Gasteiger partial charge on any atom is 0.319 e. The molecule has 0 radical (unpaired) electrons. The Morgan fingerprint density at radius 3 is 2.64 bits per heavy atom. The topological polar surface area (TPSA) is 83.4 Å². The maximum absolute atomic E-state index is 12.6. The normalized spacial score (nSPS) is 20.9. The SMILES string of the molecule is C=C1NC(=O)NC(c2ccco2)C1C(=O)Nc1ccccc1. The molecule has 1 saturated heterocycles. The van der Waals surface area contributed by atoms with Crippen molar-refractivity contribution in [2.75, 3.05) is 5.32 Å². The number of urea groups is 1. The second-order valence-electron chi connectivity index (χ2n) is 4.95. The van der Waals surface area contributed by atoms with Crippen LogP contribution in [0.2, 0.25) is 0 Å². The highest BCUT2D eigenvalue weighted by Crippen LogP contribution is 2.30. The van der Waals surface area contributed by atoms with Crippen LogP contribution in [-0.4, -0.2) is 11.9 Å². The summed E-state index contributed by atoms with van der Waals surface area (Å²) in [4.78, 5) is 24.2. The number of anilines is 1. The molecular weight excluding hydrogens is 282 g/mol. The summed E-state index contributed by atoms with van der Waals surface area (Å²) in [6, 6.07) is 11.5. The van der Waals surface area contributed by atoms with Crippen LogP contribution in [0.25, 0.3) is 0 Å². The fourth-order valence-corrected chi connectivity index (χ4v) is 2.44. The van der Waals surface area contributed by atoms with Crippen LogP contribution in [0.3, 0.4) is 0 Å². The Labute approximate surface area is 127 Å². The van der Waals surface area contributed by atoms with Gasteiger partial charge in [-0.3, -0.25) is 4.79 Å². The lowest BCUT2D eigenvalue weighted by Gasteiger charge is -2.32. The number of amides is 3. The number of para-hydroxylation sites is 1. The Balaban J connectivity index is 1.86. The smallest absolute Gasteiger partial charge is 0.319 e. The van der Waals surface area contributed by atoms with Gasteiger partial charge in [0.15, 0.2) is 0 Å². The molecule has 0 saturated carbocycles. The first-order valence-corrected chi connectivity index (χ1v) is 6.81. The summed E-state index contributed by atoms with van der Waals surface area (Å²) < 4.78 is 5.34. The van der Waals surface area contributed by atoms with Crippen LogP contribution in [0.1, 0.15) is 11.8 Å². The zero-order valence-corrected chi connectivity index (χ0v) is 11.7. The van der Waals surface area contributed by atoms with E-state index >= 15 is 0 Å². The van der Waals surface area contributed by atoms with Crippen molar-refractivity contribution in [3.05, 3.63) is 66.8 Å². The van der Waals surface area contributed by atoms with E-state index < -0.39 is 18.0 Å². The van der Waals surface area contributed by atoms with Crippen molar-refractivity contribution in [2.24, 2.45) is 5.92 Å². The molecule has 0 spiro atoms. The van der Waals surface area contributed by atoms with E-state index in [9.17, 15) is 9.59 Å². The average Bonchev–Trinajstić information content (AvgIpc) is 3.01. The zero-order chi connectivity index (χ0) is 15.5. The first kappa shape index (κ1) is 13.9. The molecule has 1 aromatic heterocycles. The van der Waals surface area contributed by atoms with Crippen molar-refractivity contribution < 1.29 is 14.0 Å². The van der Waals surface area contributed by atoms with Gasteiger partial charge in [0.1, 0.15) is 17.7 Å². The van der Waals surface area contributed by atoms with E-state index in [0.29, 0.717) is 17.1 Å². The third-order valence-electron chi connectivity index (χ3n) is 3.44. The Bertz CT molecular complexity index is 695. The van der Waals surface area contributed by atoms with E-state index in [1.54, 1.807) is 24.3 Å². The van der Waals surface area contributed by atoms with Crippen molar-refractivity contribution in [3.63, 3.8) is 0 Å². The van der Waals surface area contributed by atoms with Gasteiger partial charge in [0.2, 0.25) is 5.91 Å². The van der Waals surface area contributed by atoms with Gasteiger partial charge in [-0.05, 0) is 24.3 Å². The molecule has 1 aliphatic heterocycles. The number of rotatable bonds is 3. The number of carbonyl (C=O) groups excluding carboxylic acids is 2. The molecule has 112 valence electrons. The Hall–Kier alpha value is -3.02. The van der Waals surface area contributed by atoms with Gasteiger partial charge >= 0.3 is 6.03 Å². The van der Waals surface area contributed by atoms with Crippen molar-refractivity contribution in [2.45, 2.75) is 6.04 Å². The van der Waals surface area contributed by atoms with E-state index in [2.05, 4.69) is 22.5 Å². The van der Waals surface area contributed by atoms with E-state index in [0.717, 1.165) is 0 Å². The van der Waals surface area contributed by atoms with Gasteiger partial charge in [0.25, 0.3) is 0 Å². The molecule has 22 heavy (non-hydrogen) atoms. The number of carbonyl (C=O) groups is 2. The van der Waals surface area contributed by atoms with Crippen LogP contribution in [0.15, 0.2) is 65.4 Å². The molecule has 3 rings (SSSR count). The molecule has 6 heteroatoms. The molecule has 1 aliphatic rings. The zero-order valence-electron chi connectivity index (χ0n) is 11.7. The van der Waals surface area contributed by atoms with Crippen LogP contribution < -0.4 is 16.0 Å². The molecule has 0 aliphatic carbocycles. The average molecular weight is 297 g/mol. The Morgan fingerprint density at radius 2 is 1.95 bits per heavy atom. The van der Waals surface area contributed by atoms with Gasteiger partial charge in [-0.25, -0.2) is 4.79 Å². The van der Waals surface area contributed by atoms with Crippen molar-refractivity contribution in [1.29, 1.82) is 0 Å². The van der Waals surface area contributed by atoms with Crippen LogP contribution in [0, 0.1) is 5.92 Å².